The summed E-state index contributed by atoms with van der Waals surface area (Å²) in [6, 6.07) is -0.219. The maximum atomic E-state index is 12.0. The number of carbonyl (C=O) groups is 2. The van der Waals surface area contributed by atoms with E-state index >= 15 is 0 Å². The molecule has 1 atom stereocenters. The number of nitrogens with one attached hydrogen (secondary N) is 1. The summed E-state index contributed by atoms with van der Waals surface area (Å²) in [7, 11) is 0. The van der Waals surface area contributed by atoms with E-state index in [0.29, 0.717) is 25.6 Å². The first-order valence-electron chi connectivity index (χ1n) is 6.87. The van der Waals surface area contributed by atoms with E-state index in [0.717, 1.165) is 6.42 Å². The number of rotatable bonds is 10. The van der Waals surface area contributed by atoms with Gasteiger partial charge in [0, 0.05) is 26.1 Å². The molecule has 5 heteroatoms. The Bertz CT molecular complexity index is 330. The average molecular weight is 282 g/mol. The van der Waals surface area contributed by atoms with Crippen molar-refractivity contribution in [3.63, 3.8) is 0 Å². The van der Waals surface area contributed by atoms with Crippen LogP contribution in [0.2, 0.25) is 0 Å². The van der Waals surface area contributed by atoms with Crippen molar-refractivity contribution in [2.75, 3.05) is 19.6 Å². The molecule has 2 N–H and O–H groups in total. The van der Waals surface area contributed by atoms with Crippen molar-refractivity contribution in [1.29, 1.82) is 0 Å². The van der Waals surface area contributed by atoms with Gasteiger partial charge in [0.2, 0.25) is 0 Å². The summed E-state index contributed by atoms with van der Waals surface area (Å²) in [6.07, 6.45) is 4.13. The molecule has 0 aliphatic rings. The molecule has 0 aromatic heterocycles. The van der Waals surface area contributed by atoms with Crippen molar-refractivity contribution in [3.05, 3.63) is 25.3 Å². The predicted molar refractivity (Wildman–Crippen MR) is 80.6 cm³/mol. The molecule has 0 saturated carbocycles. The van der Waals surface area contributed by atoms with Gasteiger partial charge in [-0.25, -0.2) is 4.79 Å². The lowest BCUT2D eigenvalue weighted by Gasteiger charge is -2.23. The summed E-state index contributed by atoms with van der Waals surface area (Å²) >= 11 is 0. The zero-order valence-electron chi connectivity index (χ0n) is 12.5. The van der Waals surface area contributed by atoms with Gasteiger partial charge in [-0.15, -0.1) is 13.2 Å². The van der Waals surface area contributed by atoms with Gasteiger partial charge >= 0.3 is 12.0 Å². The number of carboxylic acid groups (broad SMARTS) is 1. The van der Waals surface area contributed by atoms with E-state index in [4.69, 9.17) is 5.11 Å². The van der Waals surface area contributed by atoms with Crippen LogP contribution >= 0.6 is 0 Å². The number of aliphatic carboxylic acids is 1. The minimum atomic E-state index is -0.834. The second-order valence-electron chi connectivity index (χ2n) is 5.26. The summed E-state index contributed by atoms with van der Waals surface area (Å²) in [4.78, 5) is 24.4. The topological polar surface area (TPSA) is 69.6 Å². The number of amides is 2. The zero-order chi connectivity index (χ0) is 15.5. The maximum absolute atomic E-state index is 12.0. The molecule has 0 radical (unpaired) electrons. The van der Waals surface area contributed by atoms with Crippen molar-refractivity contribution in [2.45, 2.75) is 26.7 Å². The molecule has 114 valence electrons. The molecule has 0 heterocycles. The van der Waals surface area contributed by atoms with Crippen LogP contribution in [0.1, 0.15) is 26.7 Å². The zero-order valence-corrected chi connectivity index (χ0v) is 12.5. The molecule has 0 spiro atoms. The quantitative estimate of drug-likeness (QED) is 0.605. The van der Waals surface area contributed by atoms with E-state index in [1.807, 2.05) is 13.8 Å². The molecule has 0 aliphatic carbocycles. The summed E-state index contributed by atoms with van der Waals surface area (Å²) in [5, 5.41) is 11.7. The minimum Gasteiger partial charge on any atom is -0.481 e. The number of carbonyl (C=O) groups excluding carboxylic acids is 1. The molecule has 0 bridgehead atoms. The molecule has 0 aromatic rings. The molecule has 2 amide bonds. The van der Waals surface area contributed by atoms with Gasteiger partial charge < -0.3 is 15.3 Å². The van der Waals surface area contributed by atoms with Crippen molar-refractivity contribution in [3.8, 4) is 0 Å². The van der Waals surface area contributed by atoms with Crippen molar-refractivity contribution in [1.82, 2.24) is 10.2 Å². The van der Waals surface area contributed by atoms with E-state index in [1.54, 1.807) is 17.1 Å². The molecule has 20 heavy (non-hydrogen) atoms. The smallest absolute Gasteiger partial charge is 0.317 e. The van der Waals surface area contributed by atoms with Gasteiger partial charge in [0.1, 0.15) is 0 Å². The van der Waals surface area contributed by atoms with Crippen LogP contribution in [0.3, 0.4) is 0 Å². The Morgan fingerprint density at radius 2 is 1.80 bits per heavy atom. The fourth-order valence-electron chi connectivity index (χ4n) is 2.05. The van der Waals surface area contributed by atoms with Gasteiger partial charge in [-0.3, -0.25) is 4.79 Å². The maximum Gasteiger partial charge on any atom is 0.317 e. The normalized spacial score (nSPS) is 11.8. The van der Waals surface area contributed by atoms with E-state index in [2.05, 4.69) is 18.5 Å². The molecule has 0 saturated heterocycles. The Morgan fingerprint density at radius 3 is 2.20 bits per heavy atom. The molecule has 5 nitrogen and oxygen atoms in total. The van der Waals surface area contributed by atoms with Gasteiger partial charge in [-0.2, -0.15) is 0 Å². The van der Waals surface area contributed by atoms with Crippen LogP contribution in [0.4, 0.5) is 4.79 Å². The Balaban J connectivity index is 4.41. The van der Waals surface area contributed by atoms with Crippen molar-refractivity contribution >= 4 is 12.0 Å². The first-order chi connectivity index (χ1) is 9.40. The van der Waals surface area contributed by atoms with Crippen LogP contribution in [0.15, 0.2) is 25.3 Å². The van der Waals surface area contributed by atoms with E-state index < -0.39 is 5.97 Å². The number of carboxylic acids is 1. The Hall–Kier alpha value is -1.78. The van der Waals surface area contributed by atoms with E-state index in [1.165, 1.54) is 0 Å². The van der Waals surface area contributed by atoms with Gasteiger partial charge in [0.05, 0.1) is 0 Å². The summed E-state index contributed by atoms with van der Waals surface area (Å²) in [5.41, 5.74) is 0. The molecular weight excluding hydrogens is 256 g/mol. The van der Waals surface area contributed by atoms with Gasteiger partial charge in [-0.1, -0.05) is 26.0 Å². The third kappa shape index (κ3) is 8.34. The van der Waals surface area contributed by atoms with Crippen molar-refractivity contribution in [2.24, 2.45) is 11.8 Å². The van der Waals surface area contributed by atoms with Crippen LogP contribution in [0.5, 0.6) is 0 Å². The lowest BCUT2D eigenvalue weighted by Crippen LogP contribution is -2.42. The second kappa shape index (κ2) is 10.1. The fourth-order valence-corrected chi connectivity index (χ4v) is 2.05. The molecule has 1 unspecified atom stereocenters. The summed E-state index contributed by atoms with van der Waals surface area (Å²) in [5.74, 6) is -0.488. The predicted octanol–water partition coefficient (Wildman–Crippen LogP) is 2.51. The SMILES string of the molecule is C=CCN(CC=C)C(=O)NCC(CC(=O)O)CC(C)C. The average Bonchev–Trinajstić information content (AvgIpc) is 2.34. The van der Waals surface area contributed by atoms with Crippen LogP contribution in [0, 0.1) is 11.8 Å². The van der Waals surface area contributed by atoms with Crippen LogP contribution < -0.4 is 5.32 Å². The lowest BCUT2D eigenvalue weighted by atomic mass is 9.94. The number of urea groups is 1. The van der Waals surface area contributed by atoms with Crippen molar-refractivity contribution < 1.29 is 14.7 Å². The van der Waals surface area contributed by atoms with Crippen LogP contribution in [-0.2, 0) is 4.79 Å². The van der Waals surface area contributed by atoms with E-state index in [-0.39, 0.29) is 18.4 Å². The highest BCUT2D eigenvalue weighted by Crippen LogP contribution is 2.14. The molecule has 0 rings (SSSR count). The van der Waals surface area contributed by atoms with Gasteiger partial charge in [-0.05, 0) is 18.3 Å². The van der Waals surface area contributed by atoms with Crippen LogP contribution in [0.25, 0.3) is 0 Å². The Labute approximate surface area is 121 Å². The highest BCUT2D eigenvalue weighted by molar-refractivity contribution is 5.74. The first kappa shape index (κ1) is 18.2. The minimum absolute atomic E-state index is 0.0502. The summed E-state index contributed by atoms with van der Waals surface area (Å²) < 4.78 is 0. The molecule has 0 aliphatic heterocycles. The lowest BCUT2D eigenvalue weighted by molar-refractivity contribution is -0.138. The molecule has 0 aromatic carbocycles. The Morgan fingerprint density at radius 1 is 1.25 bits per heavy atom. The number of nitrogens with zero attached hydrogens (tertiary/aromatic N) is 1. The third-order valence-corrected chi connectivity index (χ3v) is 2.80. The van der Waals surface area contributed by atoms with Gasteiger partial charge in [0.15, 0.2) is 0 Å². The third-order valence-electron chi connectivity index (χ3n) is 2.80. The molecule has 0 fully saturated rings. The number of hydrogen-bond donors (Lipinski definition) is 2. The first-order valence-corrected chi connectivity index (χ1v) is 6.87. The fraction of sp³-hybridized carbons (Fsp3) is 0.600. The highest BCUT2D eigenvalue weighted by atomic mass is 16.4. The number of hydrogen-bond acceptors (Lipinski definition) is 2. The second-order valence-corrected chi connectivity index (χ2v) is 5.26. The summed E-state index contributed by atoms with van der Waals surface area (Å²) in [6.45, 7) is 12.5. The van der Waals surface area contributed by atoms with Gasteiger partial charge in [0.25, 0.3) is 0 Å². The Kier molecular flexibility index (Phi) is 9.17. The molecular formula is C15H26N2O3. The van der Waals surface area contributed by atoms with Crippen LogP contribution in [-0.4, -0.2) is 41.6 Å². The van der Waals surface area contributed by atoms with E-state index in [9.17, 15) is 9.59 Å². The highest BCUT2D eigenvalue weighted by Gasteiger charge is 2.17. The monoisotopic (exact) mass is 282 g/mol. The largest absolute Gasteiger partial charge is 0.481 e. The standard InChI is InChI=1S/C15H26N2O3/c1-5-7-17(8-6-2)15(20)16-11-13(9-12(3)4)10-14(18)19/h5-6,12-13H,1-2,7-11H2,3-4H3,(H,16,20)(H,18,19).